The van der Waals surface area contributed by atoms with E-state index < -0.39 is 107 Å². The van der Waals surface area contributed by atoms with Crippen LogP contribution in [-0.4, -0.2) is 217 Å². The first-order valence-corrected chi connectivity index (χ1v) is 44.2. The molecule has 752 valence electrons. The highest BCUT2D eigenvalue weighted by molar-refractivity contribution is 6.24. The second kappa shape index (κ2) is 57.7. The third-order valence-corrected chi connectivity index (χ3v) is 19.2. The van der Waals surface area contributed by atoms with Crippen LogP contribution in [0, 0.1) is 6.92 Å². The van der Waals surface area contributed by atoms with E-state index >= 15 is 0 Å². The first-order chi connectivity index (χ1) is 70.0. The first-order valence-electron chi connectivity index (χ1n) is 44.2. The van der Waals surface area contributed by atoms with Gasteiger partial charge in [0, 0.05) is 58.4 Å². The fraction of sp³-hybridized carbons (Fsp3) is 0.243. The average molecular weight is 1990 g/mol. The Kier molecular flexibility index (Phi) is 43.8. The zero-order chi connectivity index (χ0) is 105. The third-order valence-electron chi connectivity index (χ3n) is 19.2. The van der Waals surface area contributed by atoms with E-state index in [4.69, 9.17) is 95.2 Å². The van der Waals surface area contributed by atoms with Crippen molar-refractivity contribution in [2.24, 2.45) is 0 Å². The Morgan fingerprint density at radius 2 is 0.434 bits per heavy atom. The minimum Gasteiger partial charge on any atom is -0.462 e. The van der Waals surface area contributed by atoms with Crippen LogP contribution in [0.5, 0.6) is 34.5 Å². The molecule has 0 spiro atoms. The predicted octanol–water partition coefficient (Wildman–Crippen LogP) is 11.7. The van der Waals surface area contributed by atoms with E-state index in [0.717, 1.165) is 69.1 Å². The molecule has 3 heterocycles. The van der Waals surface area contributed by atoms with Gasteiger partial charge in [-0.2, -0.15) is 0 Å². The van der Waals surface area contributed by atoms with Crippen LogP contribution in [0.15, 0.2) is 228 Å². The van der Waals surface area contributed by atoms with E-state index in [0.29, 0.717) is 28.1 Å². The average Bonchev–Trinajstić information content (AvgIpc) is 0.728. The summed E-state index contributed by atoms with van der Waals surface area (Å²) in [5, 5.41) is 3.40. The molecule has 8 aromatic carbocycles. The number of carbonyl (C=O) groups excluding carboxylic acids is 18. The summed E-state index contributed by atoms with van der Waals surface area (Å²) in [4.78, 5) is 243. The van der Waals surface area contributed by atoms with Gasteiger partial charge in [0.1, 0.15) is 112 Å². The van der Waals surface area contributed by atoms with Crippen molar-refractivity contribution in [3.63, 3.8) is 0 Å². The fourth-order valence-corrected chi connectivity index (χ4v) is 12.5. The summed E-state index contributed by atoms with van der Waals surface area (Å²) in [7, 11) is 0. The van der Waals surface area contributed by atoms with E-state index in [2.05, 4.69) is 59.4 Å². The summed E-state index contributed by atoms with van der Waals surface area (Å²) in [6.07, 6.45) is 3.49. The van der Waals surface area contributed by atoms with Crippen molar-refractivity contribution in [1.82, 2.24) is 29.9 Å². The van der Waals surface area contributed by atoms with E-state index in [-0.39, 0.29) is 224 Å². The first kappa shape index (κ1) is 110. The molecular weight excluding hydrogens is 1900 g/mol. The number of esters is 18. The number of aryl methyl sites for hydroxylation is 1. The Balaban J connectivity index is 0.000000243. The Morgan fingerprint density at radius 3 is 0.703 bits per heavy atom. The van der Waals surface area contributed by atoms with E-state index in [1.807, 2.05) is 97.1 Å². The van der Waals surface area contributed by atoms with Crippen LogP contribution >= 0.6 is 0 Å². The Labute approximate surface area is 824 Å². The van der Waals surface area contributed by atoms with Crippen LogP contribution in [0.3, 0.4) is 0 Å². The monoisotopic (exact) mass is 1990 g/mol. The van der Waals surface area contributed by atoms with E-state index in [1.165, 1.54) is 42.6 Å². The number of carbonyl (C=O) groups is 18. The highest BCUT2D eigenvalue weighted by Crippen LogP contribution is 2.40. The number of rotatable bonds is 50. The van der Waals surface area contributed by atoms with Crippen LogP contribution in [-0.2, 0) is 143 Å². The number of hydrogen-bond donors (Lipinski definition) is 0. The van der Waals surface area contributed by atoms with Crippen molar-refractivity contribution in [3.8, 4) is 57.0 Å². The van der Waals surface area contributed by atoms with Crippen molar-refractivity contribution < 1.29 is 172 Å². The van der Waals surface area contributed by atoms with E-state index in [1.54, 1.807) is 19.1 Å². The minimum absolute atomic E-state index is 0.0000764. The second-order valence-electron chi connectivity index (χ2n) is 29.3. The number of hydrogen-bond acceptors (Lipinski definition) is 42. The molecule has 0 aliphatic heterocycles. The zero-order valence-electron chi connectivity index (χ0n) is 78.0. The van der Waals surface area contributed by atoms with Gasteiger partial charge in [0.15, 0.2) is 34.5 Å². The molecular formula is C103H94N6O36. The molecule has 0 bridgehead atoms. The lowest BCUT2D eigenvalue weighted by Crippen LogP contribution is -2.16. The van der Waals surface area contributed by atoms with Gasteiger partial charge < -0.3 is 85.3 Å². The Bertz CT molecular complexity index is 6580. The molecule has 0 aliphatic carbocycles. The van der Waals surface area contributed by atoms with Gasteiger partial charge in [0.05, 0.1) is 111 Å². The summed E-state index contributed by atoms with van der Waals surface area (Å²) in [5.41, 5.74) is 4.50. The molecule has 3 aromatic heterocycles. The van der Waals surface area contributed by atoms with Gasteiger partial charge >= 0.3 is 107 Å². The number of benzene rings is 8. The summed E-state index contributed by atoms with van der Waals surface area (Å²) in [6.45, 7) is 19.1. The van der Waals surface area contributed by atoms with Gasteiger partial charge in [-0.1, -0.05) is 149 Å². The van der Waals surface area contributed by atoms with Gasteiger partial charge in [0.2, 0.25) is 0 Å². The standard InChI is InChI=1S/C38H32N2O12.C33H32N2O12.C32H30N2O12/c1-3-29(41)47-19-21-49-31(43)15-17-33(45)51-27-13-14-28(52-34(46)18-16-32(44)50-22-20-48-30(42)4-2)38-37(27)39-35-25-11-7-5-9-23(25)24-10-6-8-12-26(24)36(35)40-38;1-4-25(36)42-17-19-44-27(38)13-15-29(40)46-23-11-12-24(47-30(41)16-14-28(39)45-20-18-43-26(37)5-2)33-32(23)34-21(3)31(35-33)22-9-7-6-8-10-22;1-3-25(35)41-16-18-43-27(37)12-14-29(39)45-23-10-11-24(32-31(23)33-20-22(34-32)21-8-6-5-7-9-21)46-30(40)15-13-28(38)44-19-17-42-26(36)4-2/h3-14H,1-2,15-22H2;4-12H,1-2,13-20H2,3H3;3-11,20H,1-2,12-19H2. The number of nitrogens with zero attached hydrogens (tertiary/aromatic N) is 6. The Morgan fingerprint density at radius 1 is 0.221 bits per heavy atom. The summed E-state index contributed by atoms with van der Waals surface area (Å²) >= 11 is 0. The van der Waals surface area contributed by atoms with Crippen LogP contribution < -0.4 is 28.4 Å². The summed E-state index contributed by atoms with van der Waals surface area (Å²) in [5.74, 6) is -12.8. The van der Waals surface area contributed by atoms with Crippen LogP contribution in [0.25, 0.3) is 88.2 Å². The molecule has 0 fully saturated rings. The molecule has 145 heavy (non-hydrogen) atoms. The normalized spacial score (nSPS) is 10.5. The summed E-state index contributed by atoms with van der Waals surface area (Å²) in [6, 6.07) is 41.7. The number of aromatic nitrogens is 6. The highest BCUT2D eigenvalue weighted by atomic mass is 16.6. The molecule has 0 radical (unpaired) electrons. The molecule has 0 atom stereocenters. The lowest BCUT2D eigenvalue weighted by Gasteiger charge is -2.14. The number of ether oxygens (including phenoxy) is 18. The zero-order valence-corrected chi connectivity index (χ0v) is 78.0. The molecule has 0 saturated heterocycles. The van der Waals surface area contributed by atoms with Gasteiger partial charge in [0.25, 0.3) is 0 Å². The van der Waals surface area contributed by atoms with Crippen molar-refractivity contribution in [1.29, 1.82) is 0 Å². The van der Waals surface area contributed by atoms with Gasteiger partial charge in [-0.15, -0.1) is 0 Å². The molecule has 11 rings (SSSR count). The van der Waals surface area contributed by atoms with Crippen molar-refractivity contribution in [3.05, 3.63) is 233 Å². The van der Waals surface area contributed by atoms with Crippen molar-refractivity contribution >= 4 is 173 Å². The van der Waals surface area contributed by atoms with Crippen LogP contribution in [0.4, 0.5) is 0 Å². The molecule has 11 aromatic rings. The fourth-order valence-electron chi connectivity index (χ4n) is 12.5. The maximum Gasteiger partial charge on any atom is 0.330 e. The third kappa shape index (κ3) is 35.7. The molecule has 42 heteroatoms. The molecule has 0 aliphatic rings. The maximum atomic E-state index is 12.9. The van der Waals surface area contributed by atoms with Crippen molar-refractivity contribution in [2.75, 3.05) is 79.3 Å². The summed E-state index contributed by atoms with van der Waals surface area (Å²) < 4.78 is 91.2. The lowest BCUT2D eigenvalue weighted by molar-refractivity contribution is -0.151. The SMILES string of the molecule is C=CC(=O)OCCOC(=O)CCC(=O)Oc1ccc(OC(=O)CCC(=O)OCCOC(=O)C=C)c2nc(-c3ccccc3)c(C)nc12.C=CC(=O)OCCOC(=O)CCC(=O)Oc1ccc(OC(=O)CCC(=O)OCCOC(=O)C=C)c2nc(-c3ccccc3)cnc12.C=CC(=O)OCCOC(=O)CCC(=O)Oc1ccc(OC(=O)CCC(=O)OCCOC(=O)C=C)c2nc3c4ccccc4c4ccccc4c3nc12. The minimum atomic E-state index is -0.774. The van der Waals surface area contributed by atoms with E-state index in [9.17, 15) is 86.3 Å². The second-order valence-corrected chi connectivity index (χ2v) is 29.3. The van der Waals surface area contributed by atoms with Crippen LogP contribution in [0.1, 0.15) is 82.7 Å². The highest BCUT2D eigenvalue weighted by Gasteiger charge is 2.27. The topological polar surface area (TPSA) is 551 Å². The smallest absolute Gasteiger partial charge is 0.330 e. The molecule has 0 saturated carbocycles. The van der Waals surface area contributed by atoms with Gasteiger partial charge in [-0.05, 0) is 54.1 Å². The Hall–Kier alpha value is -18.5. The number of fused-ring (bicyclic) bond motifs is 9. The molecule has 0 amide bonds. The molecule has 42 nitrogen and oxygen atoms in total. The van der Waals surface area contributed by atoms with Crippen molar-refractivity contribution in [2.45, 2.75) is 84.0 Å². The quantitative estimate of drug-likeness (QED) is 0.00650. The maximum absolute atomic E-state index is 12.9. The largest absolute Gasteiger partial charge is 0.462 e. The van der Waals surface area contributed by atoms with Gasteiger partial charge in [-0.25, -0.2) is 58.7 Å². The molecule has 0 unspecified atom stereocenters. The molecule has 0 N–H and O–H groups in total. The van der Waals surface area contributed by atoms with Gasteiger partial charge in [-0.3, -0.25) is 57.5 Å². The van der Waals surface area contributed by atoms with Crippen LogP contribution in [0.2, 0.25) is 0 Å². The predicted molar refractivity (Wildman–Crippen MR) is 509 cm³/mol. The lowest BCUT2D eigenvalue weighted by atomic mass is 9.99.